The van der Waals surface area contributed by atoms with Gasteiger partial charge in [-0.1, -0.05) is 49.3 Å². The fourth-order valence-corrected chi connectivity index (χ4v) is 2.03. The summed E-state index contributed by atoms with van der Waals surface area (Å²) in [6.45, 7) is 5.94. The van der Waals surface area contributed by atoms with Crippen molar-refractivity contribution in [1.29, 1.82) is 0 Å². The maximum absolute atomic E-state index is 8.73. The second-order valence-corrected chi connectivity index (χ2v) is 5.70. The van der Waals surface area contributed by atoms with Gasteiger partial charge in [0.2, 0.25) is 0 Å². The Kier molecular flexibility index (Phi) is 5.83. The molecule has 0 amide bonds. The van der Waals surface area contributed by atoms with Crippen LogP contribution in [0.15, 0.2) is 35.5 Å². The summed E-state index contributed by atoms with van der Waals surface area (Å²) < 4.78 is 0. The Labute approximate surface area is 115 Å². The Morgan fingerprint density at radius 2 is 1.95 bits per heavy atom. The maximum atomic E-state index is 8.73. The summed E-state index contributed by atoms with van der Waals surface area (Å²) in [5.41, 5.74) is 6.75. The van der Waals surface area contributed by atoms with Crippen LogP contribution in [0.1, 0.15) is 32.3 Å². The molecule has 0 aliphatic rings. The van der Waals surface area contributed by atoms with Gasteiger partial charge in [-0.3, -0.25) is 0 Å². The molecule has 0 aliphatic carbocycles. The fourth-order valence-electron chi connectivity index (χ4n) is 2.03. The van der Waals surface area contributed by atoms with Crippen LogP contribution in [0, 0.1) is 5.41 Å². The average Bonchev–Trinajstić information content (AvgIpc) is 2.38. The normalized spacial score (nSPS) is 12.9. The number of rotatable bonds is 7. The predicted octanol–water partition coefficient (Wildman–Crippen LogP) is 2.67. The van der Waals surface area contributed by atoms with E-state index < -0.39 is 0 Å². The maximum Gasteiger partial charge on any atom is 0.144 e. The van der Waals surface area contributed by atoms with Crippen molar-refractivity contribution < 1.29 is 5.21 Å². The van der Waals surface area contributed by atoms with Crippen molar-refractivity contribution in [1.82, 2.24) is 4.90 Å². The van der Waals surface area contributed by atoms with E-state index in [9.17, 15) is 0 Å². The Morgan fingerprint density at radius 1 is 1.32 bits per heavy atom. The van der Waals surface area contributed by atoms with Crippen LogP contribution < -0.4 is 5.73 Å². The van der Waals surface area contributed by atoms with Gasteiger partial charge in [0.05, 0.1) is 0 Å². The molecular weight excluding hydrogens is 238 g/mol. The number of hydrogen-bond donors (Lipinski definition) is 2. The van der Waals surface area contributed by atoms with Gasteiger partial charge in [-0.05, 0) is 32.0 Å². The second-order valence-electron chi connectivity index (χ2n) is 5.70. The molecule has 0 aliphatic heterocycles. The molecule has 1 rings (SSSR count). The Balaban J connectivity index is 2.33. The molecule has 0 bridgehead atoms. The molecule has 4 nitrogen and oxygen atoms in total. The van der Waals surface area contributed by atoms with Crippen LogP contribution in [0.2, 0.25) is 0 Å². The lowest BCUT2D eigenvalue weighted by Gasteiger charge is -2.24. The Morgan fingerprint density at radius 3 is 2.53 bits per heavy atom. The van der Waals surface area contributed by atoms with Gasteiger partial charge in [0.15, 0.2) is 0 Å². The third kappa shape index (κ3) is 5.30. The van der Waals surface area contributed by atoms with E-state index >= 15 is 0 Å². The first-order valence-electron chi connectivity index (χ1n) is 6.66. The highest BCUT2D eigenvalue weighted by Crippen LogP contribution is 2.22. The van der Waals surface area contributed by atoms with E-state index in [1.54, 1.807) is 0 Å². The summed E-state index contributed by atoms with van der Waals surface area (Å²) in [7, 11) is 2.11. The van der Waals surface area contributed by atoms with Gasteiger partial charge in [0.1, 0.15) is 5.84 Å². The summed E-state index contributed by atoms with van der Waals surface area (Å²) in [6.07, 6.45) is 1.93. The predicted molar refractivity (Wildman–Crippen MR) is 79.2 cm³/mol. The van der Waals surface area contributed by atoms with Gasteiger partial charge in [-0.2, -0.15) is 0 Å². The van der Waals surface area contributed by atoms with E-state index in [2.05, 4.69) is 41.4 Å². The lowest BCUT2D eigenvalue weighted by atomic mass is 9.86. The monoisotopic (exact) mass is 263 g/mol. The van der Waals surface area contributed by atoms with Gasteiger partial charge in [-0.25, -0.2) is 0 Å². The molecule has 0 aromatic heterocycles. The number of amidine groups is 1. The van der Waals surface area contributed by atoms with E-state index in [0.717, 1.165) is 25.9 Å². The van der Waals surface area contributed by atoms with Crippen LogP contribution >= 0.6 is 0 Å². The highest BCUT2D eigenvalue weighted by Gasteiger charge is 2.22. The molecule has 106 valence electrons. The molecule has 0 spiro atoms. The van der Waals surface area contributed by atoms with Crippen LogP contribution in [-0.2, 0) is 6.54 Å². The minimum absolute atomic E-state index is 0.248. The van der Waals surface area contributed by atoms with Crippen molar-refractivity contribution in [3.8, 4) is 0 Å². The first kappa shape index (κ1) is 15.5. The molecule has 0 atom stereocenters. The molecule has 3 N–H and O–H groups in total. The first-order chi connectivity index (χ1) is 8.95. The second kappa shape index (κ2) is 7.14. The highest BCUT2D eigenvalue weighted by molar-refractivity contribution is 5.85. The average molecular weight is 263 g/mol. The Hall–Kier alpha value is -1.55. The van der Waals surface area contributed by atoms with Crippen molar-refractivity contribution in [2.75, 3.05) is 13.6 Å². The standard InChI is InChI=1S/C15H25N3O/c1-15(2,14(16)17-19)10-7-11-18(3)12-13-8-5-4-6-9-13/h4-6,8-9,19H,7,10-12H2,1-3H3,(H2,16,17). The van der Waals surface area contributed by atoms with Crippen LogP contribution in [0.3, 0.4) is 0 Å². The van der Waals surface area contributed by atoms with Crippen LogP contribution in [0.5, 0.6) is 0 Å². The van der Waals surface area contributed by atoms with Gasteiger partial charge < -0.3 is 15.8 Å². The summed E-state index contributed by atoms with van der Waals surface area (Å²) >= 11 is 0. The topological polar surface area (TPSA) is 61.8 Å². The number of oxime groups is 1. The number of nitrogens with zero attached hydrogens (tertiary/aromatic N) is 2. The zero-order valence-electron chi connectivity index (χ0n) is 12.1. The molecule has 0 heterocycles. The number of hydrogen-bond acceptors (Lipinski definition) is 3. The van der Waals surface area contributed by atoms with E-state index in [4.69, 9.17) is 10.9 Å². The van der Waals surface area contributed by atoms with Crippen LogP contribution in [0.25, 0.3) is 0 Å². The van der Waals surface area contributed by atoms with Gasteiger partial charge >= 0.3 is 0 Å². The van der Waals surface area contributed by atoms with Crippen molar-refractivity contribution in [2.45, 2.75) is 33.2 Å². The SMILES string of the molecule is CN(CCCC(C)(C)C(N)=NO)Cc1ccccc1. The minimum atomic E-state index is -0.248. The molecule has 1 aromatic rings. The third-order valence-corrected chi connectivity index (χ3v) is 3.44. The quantitative estimate of drug-likeness (QED) is 0.344. The summed E-state index contributed by atoms with van der Waals surface area (Å²) in [4.78, 5) is 2.29. The zero-order chi connectivity index (χ0) is 14.3. The molecule has 0 saturated heterocycles. The summed E-state index contributed by atoms with van der Waals surface area (Å²) in [5, 5.41) is 11.8. The third-order valence-electron chi connectivity index (χ3n) is 3.44. The molecular formula is C15H25N3O. The van der Waals surface area contributed by atoms with Crippen molar-refractivity contribution in [3.05, 3.63) is 35.9 Å². The lowest BCUT2D eigenvalue weighted by Crippen LogP contribution is -2.32. The number of benzene rings is 1. The molecule has 0 radical (unpaired) electrons. The van der Waals surface area contributed by atoms with E-state index in [1.807, 2.05) is 19.9 Å². The van der Waals surface area contributed by atoms with Gasteiger partial charge in [0.25, 0.3) is 0 Å². The molecule has 0 fully saturated rings. The molecule has 0 saturated carbocycles. The van der Waals surface area contributed by atoms with E-state index in [-0.39, 0.29) is 5.41 Å². The van der Waals surface area contributed by atoms with Gasteiger partial charge in [0, 0.05) is 12.0 Å². The molecule has 1 aromatic carbocycles. The Bertz CT molecular complexity index is 401. The van der Waals surface area contributed by atoms with Crippen molar-refractivity contribution >= 4 is 5.84 Å². The van der Waals surface area contributed by atoms with Crippen LogP contribution in [0.4, 0.5) is 0 Å². The van der Waals surface area contributed by atoms with E-state index in [0.29, 0.717) is 5.84 Å². The first-order valence-corrected chi connectivity index (χ1v) is 6.66. The lowest BCUT2D eigenvalue weighted by molar-refractivity contribution is 0.287. The van der Waals surface area contributed by atoms with Crippen molar-refractivity contribution in [2.24, 2.45) is 16.3 Å². The molecule has 19 heavy (non-hydrogen) atoms. The van der Waals surface area contributed by atoms with E-state index in [1.165, 1.54) is 5.56 Å². The summed E-state index contributed by atoms with van der Waals surface area (Å²) in [5.74, 6) is 0.304. The summed E-state index contributed by atoms with van der Waals surface area (Å²) in [6, 6.07) is 10.4. The van der Waals surface area contributed by atoms with Crippen molar-refractivity contribution in [3.63, 3.8) is 0 Å². The smallest absolute Gasteiger partial charge is 0.144 e. The van der Waals surface area contributed by atoms with Crippen LogP contribution in [-0.4, -0.2) is 29.5 Å². The minimum Gasteiger partial charge on any atom is -0.409 e. The molecule has 0 unspecified atom stereocenters. The fraction of sp³-hybridized carbons (Fsp3) is 0.533. The number of nitrogens with two attached hydrogens (primary N) is 1. The zero-order valence-corrected chi connectivity index (χ0v) is 12.1. The molecule has 4 heteroatoms. The largest absolute Gasteiger partial charge is 0.409 e. The van der Waals surface area contributed by atoms with Gasteiger partial charge in [-0.15, -0.1) is 0 Å². The highest BCUT2D eigenvalue weighted by atomic mass is 16.4.